The molecule has 1 fully saturated rings. The van der Waals surface area contributed by atoms with Crippen molar-refractivity contribution in [1.82, 2.24) is 9.97 Å². The van der Waals surface area contributed by atoms with E-state index in [-0.39, 0.29) is 22.5 Å². The van der Waals surface area contributed by atoms with E-state index in [1.165, 1.54) is 12.1 Å². The molecular weight excluding hydrogens is 427 g/mol. The SMILES string of the molecule is O=C(O)c1ccc2c(n1)C1(CCC(Oc3ncc(C(F)(F)F)cc3Cl)CC1)C(=O)N2. The largest absolute Gasteiger partial charge is 0.477 e. The standard InChI is InChI=1S/C19H15ClF3N3O4/c20-11-7-9(19(21,22)23)8-24-15(11)30-10-3-5-18(6-4-10)14-12(26-17(18)29)1-2-13(25-14)16(27)28/h1-2,7-8,10H,3-6H2,(H,26,29)(H,27,28). The summed E-state index contributed by atoms with van der Waals surface area (Å²) in [6.07, 6.45) is -2.84. The molecule has 1 saturated carbocycles. The highest BCUT2D eigenvalue weighted by Crippen LogP contribution is 2.47. The van der Waals surface area contributed by atoms with E-state index in [1.54, 1.807) is 0 Å². The van der Waals surface area contributed by atoms with Crippen LogP contribution in [0.15, 0.2) is 24.4 Å². The average Bonchev–Trinajstić information content (AvgIpc) is 2.95. The van der Waals surface area contributed by atoms with E-state index >= 15 is 0 Å². The fourth-order valence-electron chi connectivity index (χ4n) is 3.88. The summed E-state index contributed by atoms with van der Waals surface area (Å²) in [5, 5.41) is 11.7. The van der Waals surface area contributed by atoms with Crippen LogP contribution >= 0.6 is 11.6 Å². The number of ether oxygens (including phenoxy) is 1. The minimum Gasteiger partial charge on any atom is -0.477 e. The quantitative estimate of drug-likeness (QED) is 0.745. The topological polar surface area (TPSA) is 101 Å². The second kappa shape index (κ2) is 7.12. The summed E-state index contributed by atoms with van der Waals surface area (Å²) in [5.41, 5.74) is -1.20. The maximum Gasteiger partial charge on any atom is 0.417 e. The molecule has 1 amide bonds. The number of aromatic carboxylic acids is 1. The predicted octanol–water partition coefficient (Wildman–Crippen LogP) is 4.06. The van der Waals surface area contributed by atoms with Gasteiger partial charge in [0, 0.05) is 6.20 Å². The number of carbonyl (C=O) groups excluding carboxylic acids is 1. The maximum atomic E-state index is 12.7. The number of fused-ring (bicyclic) bond motifs is 2. The predicted molar refractivity (Wildman–Crippen MR) is 98.6 cm³/mol. The number of hydrogen-bond donors (Lipinski definition) is 2. The van der Waals surface area contributed by atoms with Crippen molar-refractivity contribution in [3.8, 4) is 5.88 Å². The zero-order chi connectivity index (χ0) is 21.7. The molecule has 1 spiro atoms. The van der Waals surface area contributed by atoms with E-state index < -0.39 is 29.2 Å². The number of anilines is 1. The van der Waals surface area contributed by atoms with Crippen LogP contribution in [0.5, 0.6) is 5.88 Å². The van der Waals surface area contributed by atoms with Crippen LogP contribution in [0, 0.1) is 0 Å². The molecule has 2 N–H and O–H groups in total. The van der Waals surface area contributed by atoms with Crippen molar-refractivity contribution < 1.29 is 32.6 Å². The summed E-state index contributed by atoms with van der Waals surface area (Å²) in [4.78, 5) is 31.8. The third-order valence-corrected chi connectivity index (χ3v) is 5.72. The first kappa shape index (κ1) is 20.4. The molecule has 0 saturated heterocycles. The Morgan fingerprint density at radius 3 is 2.60 bits per heavy atom. The summed E-state index contributed by atoms with van der Waals surface area (Å²) in [6.45, 7) is 0. The molecule has 0 radical (unpaired) electrons. The number of nitrogens with one attached hydrogen (secondary N) is 1. The van der Waals surface area contributed by atoms with E-state index in [0.717, 1.165) is 6.07 Å². The van der Waals surface area contributed by atoms with E-state index in [4.69, 9.17) is 16.3 Å². The van der Waals surface area contributed by atoms with Crippen LogP contribution in [-0.2, 0) is 16.4 Å². The minimum atomic E-state index is -4.56. The Kier molecular flexibility index (Phi) is 4.84. The van der Waals surface area contributed by atoms with Crippen molar-refractivity contribution >= 4 is 29.2 Å². The number of carboxylic acids is 1. The Labute approximate surface area is 173 Å². The summed E-state index contributed by atoms with van der Waals surface area (Å²) < 4.78 is 43.9. The smallest absolute Gasteiger partial charge is 0.417 e. The van der Waals surface area contributed by atoms with Gasteiger partial charge in [-0.3, -0.25) is 4.79 Å². The van der Waals surface area contributed by atoms with Gasteiger partial charge in [-0.25, -0.2) is 14.8 Å². The molecule has 0 bridgehead atoms. The summed E-state index contributed by atoms with van der Waals surface area (Å²) in [5.74, 6) is -1.54. The van der Waals surface area contributed by atoms with Gasteiger partial charge in [0.2, 0.25) is 11.8 Å². The first-order valence-electron chi connectivity index (χ1n) is 9.06. The van der Waals surface area contributed by atoms with Gasteiger partial charge in [-0.1, -0.05) is 11.6 Å². The molecule has 1 aliphatic carbocycles. The normalized spacial score (nSPS) is 23.2. The highest BCUT2D eigenvalue weighted by molar-refractivity contribution is 6.31. The van der Waals surface area contributed by atoms with Crippen LogP contribution in [0.1, 0.15) is 47.4 Å². The molecule has 0 unspecified atom stereocenters. The van der Waals surface area contributed by atoms with Crippen LogP contribution in [0.2, 0.25) is 5.02 Å². The van der Waals surface area contributed by atoms with Crippen molar-refractivity contribution in [3.05, 3.63) is 46.4 Å². The average molecular weight is 442 g/mol. The molecule has 3 heterocycles. The number of amides is 1. The van der Waals surface area contributed by atoms with Gasteiger partial charge in [0.05, 0.1) is 22.4 Å². The van der Waals surface area contributed by atoms with Crippen molar-refractivity contribution in [1.29, 1.82) is 0 Å². The van der Waals surface area contributed by atoms with E-state index in [2.05, 4.69) is 15.3 Å². The molecule has 30 heavy (non-hydrogen) atoms. The second-order valence-corrected chi connectivity index (χ2v) is 7.67. The van der Waals surface area contributed by atoms with E-state index in [9.17, 15) is 27.9 Å². The summed E-state index contributed by atoms with van der Waals surface area (Å²) in [6, 6.07) is 3.60. The van der Waals surface area contributed by atoms with E-state index in [0.29, 0.717) is 43.3 Å². The molecule has 11 heteroatoms. The molecule has 7 nitrogen and oxygen atoms in total. The second-order valence-electron chi connectivity index (χ2n) is 7.26. The maximum absolute atomic E-state index is 12.7. The zero-order valence-corrected chi connectivity index (χ0v) is 16.0. The Bertz CT molecular complexity index is 1040. The number of alkyl halides is 3. The van der Waals surface area contributed by atoms with Crippen molar-refractivity contribution in [2.75, 3.05) is 5.32 Å². The number of aromatic nitrogens is 2. The lowest BCUT2D eigenvalue weighted by Gasteiger charge is -2.34. The van der Waals surface area contributed by atoms with Crippen LogP contribution in [0.4, 0.5) is 18.9 Å². The molecule has 2 aliphatic rings. The lowest BCUT2D eigenvalue weighted by Crippen LogP contribution is -2.41. The van der Waals surface area contributed by atoms with Gasteiger partial charge in [-0.2, -0.15) is 13.2 Å². The number of carbonyl (C=O) groups is 2. The monoisotopic (exact) mass is 441 g/mol. The first-order chi connectivity index (χ1) is 14.1. The molecular formula is C19H15ClF3N3O4. The molecule has 1 aliphatic heterocycles. The zero-order valence-electron chi connectivity index (χ0n) is 15.3. The van der Waals surface area contributed by atoms with Gasteiger partial charge in [0.1, 0.15) is 16.8 Å². The number of halogens is 4. The molecule has 0 aromatic carbocycles. The van der Waals surface area contributed by atoms with Crippen LogP contribution in [-0.4, -0.2) is 33.1 Å². The van der Waals surface area contributed by atoms with Crippen molar-refractivity contribution in [3.63, 3.8) is 0 Å². The number of carboxylic acid groups (broad SMARTS) is 1. The Hall–Kier alpha value is -2.88. The van der Waals surface area contributed by atoms with Gasteiger partial charge < -0.3 is 15.2 Å². The van der Waals surface area contributed by atoms with Crippen LogP contribution in [0.3, 0.4) is 0 Å². The third-order valence-electron chi connectivity index (χ3n) is 5.45. The van der Waals surface area contributed by atoms with Crippen molar-refractivity contribution in [2.24, 2.45) is 0 Å². The van der Waals surface area contributed by atoms with Crippen LogP contribution < -0.4 is 10.1 Å². The van der Waals surface area contributed by atoms with Gasteiger partial charge in [-0.05, 0) is 43.9 Å². The van der Waals surface area contributed by atoms with E-state index in [1.807, 2.05) is 0 Å². The summed E-state index contributed by atoms with van der Waals surface area (Å²) >= 11 is 5.90. The first-order valence-corrected chi connectivity index (χ1v) is 9.43. The highest BCUT2D eigenvalue weighted by Gasteiger charge is 2.50. The molecule has 2 aromatic rings. The van der Waals surface area contributed by atoms with Gasteiger partial charge in [0.25, 0.3) is 0 Å². The lowest BCUT2D eigenvalue weighted by atomic mass is 9.71. The Balaban J connectivity index is 1.51. The van der Waals surface area contributed by atoms with Crippen LogP contribution in [0.25, 0.3) is 0 Å². The molecule has 158 valence electrons. The lowest BCUT2D eigenvalue weighted by molar-refractivity contribution is -0.137. The van der Waals surface area contributed by atoms with Gasteiger partial charge in [-0.15, -0.1) is 0 Å². The van der Waals surface area contributed by atoms with Crippen molar-refractivity contribution in [2.45, 2.75) is 43.4 Å². The van der Waals surface area contributed by atoms with Gasteiger partial charge >= 0.3 is 12.1 Å². The van der Waals surface area contributed by atoms with Gasteiger partial charge in [0.15, 0.2) is 0 Å². The Morgan fingerprint density at radius 2 is 2.00 bits per heavy atom. The fraction of sp³-hybridized carbons (Fsp3) is 0.368. The summed E-state index contributed by atoms with van der Waals surface area (Å²) in [7, 11) is 0. The fourth-order valence-corrected chi connectivity index (χ4v) is 4.10. The number of hydrogen-bond acceptors (Lipinski definition) is 5. The molecule has 4 rings (SSSR count). The Morgan fingerprint density at radius 1 is 1.30 bits per heavy atom. The number of pyridine rings is 2. The number of rotatable bonds is 3. The highest BCUT2D eigenvalue weighted by atomic mass is 35.5. The minimum absolute atomic E-state index is 0.104. The third kappa shape index (κ3) is 3.45. The molecule has 0 atom stereocenters. The number of nitrogens with zero attached hydrogens (tertiary/aromatic N) is 2. The molecule has 2 aromatic heterocycles.